The molecule has 0 aliphatic rings. The largest absolute Gasteiger partial charge is 0.326 e. The molecule has 122 valence electrons. The molecule has 2 aromatic heterocycles. The molecular formula is C15H11F2N5O2. The van der Waals surface area contributed by atoms with Crippen molar-refractivity contribution in [3.63, 3.8) is 0 Å². The van der Waals surface area contributed by atoms with Crippen molar-refractivity contribution in [2.24, 2.45) is 0 Å². The molecule has 0 aliphatic carbocycles. The Labute approximate surface area is 133 Å². The Morgan fingerprint density at radius 1 is 1.17 bits per heavy atom. The van der Waals surface area contributed by atoms with Crippen molar-refractivity contribution in [2.45, 2.75) is 6.92 Å². The lowest BCUT2D eigenvalue weighted by Crippen LogP contribution is -2.23. The molecule has 0 aliphatic heterocycles. The third kappa shape index (κ3) is 2.91. The highest BCUT2D eigenvalue weighted by Crippen LogP contribution is 2.23. The Hall–Kier alpha value is -3.36. The summed E-state index contributed by atoms with van der Waals surface area (Å²) in [5.41, 5.74) is -0.488. The summed E-state index contributed by atoms with van der Waals surface area (Å²) in [6, 6.07) is 6.29. The van der Waals surface area contributed by atoms with Gasteiger partial charge in [0.1, 0.15) is 17.2 Å². The molecule has 0 saturated carbocycles. The zero-order valence-electron chi connectivity index (χ0n) is 12.4. The first-order chi connectivity index (χ1) is 11.5. The number of pyridine rings is 1. The van der Waals surface area contributed by atoms with Gasteiger partial charge in [0, 0.05) is 5.69 Å². The maximum absolute atomic E-state index is 13.7. The van der Waals surface area contributed by atoms with Gasteiger partial charge >= 0.3 is 0 Å². The summed E-state index contributed by atoms with van der Waals surface area (Å²) in [4.78, 5) is 30.1. The third-order valence-electron chi connectivity index (χ3n) is 3.21. The second-order valence-electron chi connectivity index (χ2n) is 4.94. The Balaban J connectivity index is 1.86. The van der Waals surface area contributed by atoms with Crippen LogP contribution in [0.4, 0.5) is 14.7 Å². The first-order valence-electron chi connectivity index (χ1n) is 6.84. The topological polar surface area (TPSA) is 104 Å². The summed E-state index contributed by atoms with van der Waals surface area (Å²) in [6.07, 6.45) is 0. The fourth-order valence-electron chi connectivity index (χ4n) is 2.07. The van der Waals surface area contributed by atoms with Crippen molar-refractivity contribution >= 4 is 11.9 Å². The van der Waals surface area contributed by atoms with Crippen molar-refractivity contribution in [1.29, 1.82) is 0 Å². The second-order valence-corrected chi connectivity index (χ2v) is 4.94. The van der Waals surface area contributed by atoms with Crippen LogP contribution in [0.25, 0.3) is 11.4 Å². The van der Waals surface area contributed by atoms with Gasteiger partial charge in [0.2, 0.25) is 5.95 Å². The molecule has 3 N–H and O–H groups in total. The number of aromatic amines is 2. The van der Waals surface area contributed by atoms with Crippen molar-refractivity contribution < 1.29 is 13.6 Å². The van der Waals surface area contributed by atoms with Gasteiger partial charge < -0.3 is 4.98 Å². The van der Waals surface area contributed by atoms with Gasteiger partial charge in [0.05, 0.1) is 5.56 Å². The summed E-state index contributed by atoms with van der Waals surface area (Å²) in [5.74, 6) is -2.77. The molecule has 0 spiro atoms. The molecule has 7 nitrogen and oxygen atoms in total. The lowest BCUT2D eigenvalue weighted by molar-refractivity contribution is 0.102. The Morgan fingerprint density at radius 2 is 1.88 bits per heavy atom. The molecule has 3 aromatic rings. The molecule has 0 radical (unpaired) electrons. The molecule has 3 rings (SSSR count). The molecule has 9 heteroatoms. The Bertz CT molecular complexity index is 960. The van der Waals surface area contributed by atoms with Gasteiger partial charge in [-0.15, -0.1) is 5.10 Å². The van der Waals surface area contributed by atoms with Crippen LogP contribution in [0.15, 0.2) is 35.1 Å². The van der Waals surface area contributed by atoms with E-state index in [4.69, 9.17) is 0 Å². The fourth-order valence-corrected chi connectivity index (χ4v) is 2.07. The number of aryl methyl sites for hydroxylation is 1. The standard InChI is InChI=1S/C15H11F2N5O2/c1-7-5-6-8(13(23)18-7)14(24)20-15-19-12(21-22-15)11-9(16)3-2-4-10(11)17/h2-6H,1H3,(H,18,23)(H2,19,20,21,22,24). The SMILES string of the molecule is Cc1ccc(C(=O)Nc2n[nH]c(-c3c(F)cccc3F)n2)c(=O)[nH]1. The van der Waals surface area contributed by atoms with Gasteiger partial charge in [0.25, 0.3) is 11.5 Å². The predicted molar refractivity (Wildman–Crippen MR) is 81.5 cm³/mol. The summed E-state index contributed by atoms with van der Waals surface area (Å²) < 4.78 is 27.4. The van der Waals surface area contributed by atoms with E-state index in [1.54, 1.807) is 13.0 Å². The maximum Gasteiger partial charge on any atom is 0.263 e. The van der Waals surface area contributed by atoms with E-state index < -0.39 is 28.7 Å². The lowest BCUT2D eigenvalue weighted by atomic mass is 10.2. The van der Waals surface area contributed by atoms with E-state index in [9.17, 15) is 18.4 Å². The number of H-pyrrole nitrogens is 2. The molecule has 0 fully saturated rings. The van der Waals surface area contributed by atoms with Gasteiger partial charge in [-0.3, -0.25) is 20.0 Å². The molecule has 1 amide bonds. The van der Waals surface area contributed by atoms with Gasteiger partial charge in [-0.2, -0.15) is 4.98 Å². The number of amides is 1. The average Bonchev–Trinajstić information content (AvgIpc) is 2.95. The molecule has 0 unspecified atom stereocenters. The third-order valence-corrected chi connectivity index (χ3v) is 3.21. The van der Waals surface area contributed by atoms with Crippen LogP contribution < -0.4 is 10.9 Å². The first kappa shape index (κ1) is 15.5. The number of halogens is 2. The van der Waals surface area contributed by atoms with Crippen LogP contribution in [-0.2, 0) is 0 Å². The Morgan fingerprint density at radius 3 is 2.54 bits per heavy atom. The maximum atomic E-state index is 13.7. The van der Waals surface area contributed by atoms with Crippen LogP contribution >= 0.6 is 0 Å². The van der Waals surface area contributed by atoms with Crippen LogP contribution in [0.3, 0.4) is 0 Å². The van der Waals surface area contributed by atoms with E-state index in [2.05, 4.69) is 25.5 Å². The summed E-state index contributed by atoms with van der Waals surface area (Å²) >= 11 is 0. The van der Waals surface area contributed by atoms with Crippen molar-refractivity contribution in [3.05, 3.63) is 63.6 Å². The van der Waals surface area contributed by atoms with Crippen molar-refractivity contribution in [1.82, 2.24) is 20.2 Å². The monoisotopic (exact) mass is 331 g/mol. The lowest BCUT2D eigenvalue weighted by Gasteiger charge is -2.01. The Kier molecular flexibility index (Phi) is 3.90. The van der Waals surface area contributed by atoms with E-state index in [-0.39, 0.29) is 17.3 Å². The highest BCUT2D eigenvalue weighted by molar-refractivity contribution is 6.03. The van der Waals surface area contributed by atoms with Crippen LogP contribution in [0.5, 0.6) is 0 Å². The number of anilines is 1. The van der Waals surface area contributed by atoms with Gasteiger partial charge in [-0.25, -0.2) is 8.78 Å². The molecular weight excluding hydrogens is 320 g/mol. The minimum atomic E-state index is -0.820. The highest BCUT2D eigenvalue weighted by atomic mass is 19.1. The summed E-state index contributed by atoms with van der Waals surface area (Å²) in [6.45, 7) is 1.67. The zero-order valence-corrected chi connectivity index (χ0v) is 12.4. The van der Waals surface area contributed by atoms with Crippen LogP contribution in [0.1, 0.15) is 16.1 Å². The minimum absolute atomic E-state index is 0.135. The average molecular weight is 331 g/mol. The molecule has 0 saturated heterocycles. The summed E-state index contributed by atoms with van der Waals surface area (Å²) in [5, 5.41) is 8.31. The number of carbonyl (C=O) groups is 1. The fraction of sp³-hybridized carbons (Fsp3) is 0.0667. The quantitative estimate of drug-likeness (QED) is 0.683. The van der Waals surface area contributed by atoms with Crippen molar-refractivity contribution in [3.8, 4) is 11.4 Å². The van der Waals surface area contributed by atoms with E-state index in [0.717, 1.165) is 12.1 Å². The number of hydrogen-bond donors (Lipinski definition) is 3. The number of carbonyl (C=O) groups excluding carboxylic acids is 1. The minimum Gasteiger partial charge on any atom is -0.326 e. The van der Waals surface area contributed by atoms with Crippen LogP contribution in [0.2, 0.25) is 0 Å². The van der Waals surface area contributed by atoms with E-state index >= 15 is 0 Å². The highest BCUT2D eigenvalue weighted by Gasteiger charge is 2.17. The van der Waals surface area contributed by atoms with Gasteiger partial charge in [-0.05, 0) is 31.2 Å². The smallest absolute Gasteiger partial charge is 0.263 e. The number of nitrogens with one attached hydrogen (secondary N) is 3. The van der Waals surface area contributed by atoms with E-state index in [1.165, 1.54) is 12.1 Å². The molecule has 0 atom stereocenters. The van der Waals surface area contributed by atoms with E-state index in [0.29, 0.717) is 5.69 Å². The first-order valence-corrected chi connectivity index (χ1v) is 6.84. The second kappa shape index (κ2) is 6.03. The van der Waals surface area contributed by atoms with Gasteiger partial charge in [0.15, 0.2) is 5.82 Å². The van der Waals surface area contributed by atoms with Gasteiger partial charge in [-0.1, -0.05) is 6.07 Å². The normalized spacial score (nSPS) is 10.6. The number of aromatic nitrogens is 4. The number of rotatable bonds is 3. The number of nitrogens with zero attached hydrogens (tertiary/aromatic N) is 2. The summed E-state index contributed by atoms with van der Waals surface area (Å²) in [7, 11) is 0. The number of hydrogen-bond acceptors (Lipinski definition) is 4. The molecule has 0 bridgehead atoms. The molecule has 24 heavy (non-hydrogen) atoms. The van der Waals surface area contributed by atoms with Crippen LogP contribution in [-0.4, -0.2) is 26.1 Å². The molecule has 1 aromatic carbocycles. The number of benzene rings is 1. The van der Waals surface area contributed by atoms with E-state index in [1.807, 2.05) is 0 Å². The van der Waals surface area contributed by atoms with Crippen molar-refractivity contribution in [2.75, 3.05) is 5.32 Å². The zero-order chi connectivity index (χ0) is 17.3. The molecule has 2 heterocycles. The predicted octanol–water partition coefficient (Wildman–Crippen LogP) is 2.00. The van der Waals surface area contributed by atoms with Crippen LogP contribution in [0, 0.1) is 18.6 Å².